The normalized spacial score (nSPS) is 15.7. The molecule has 0 aliphatic carbocycles. The Morgan fingerprint density at radius 2 is 1.86 bits per heavy atom. The highest BCUT2D eigenvalue weighted by molar-refractivity contribution is 6.35. The van der Waals surface area contributed by atoms with E-state index in [9.17, 15) is 4.79 Å². The lowest BCUT2D eigenvalue weighted by Gasteiger charge is -2.38. The molecule has 150 valence electrons. The van der Waals surface area contributed by atoms with Crippen LogP contribution in [-0.4, -0.2) is 39.4 Å². The maximum Gasteiger partial charge on any atom is 0.257 e. The fourth-order valence-electron chi connectivity index (χ4n) is 3.33. The van der Waals surface area contributed by atoms with E-state index in [4.69, 9.17) is 37.4 Å². The van der Waals surface area contributed by atoms with E-state index in [1.165, 1.54) is 5.56 Å². The number of methoxy groups -OCH3 is 1. The largest absolute Gasteiger partial charge is 0.497 e. The number of halogens is 2. The first-order valence-electron chi connectivity index (χ1n) is 9.09. The van der Waals surface area contributed by atoms with Gasteiger partial charge in [-0.3, -0.25) is 4.79 Å². The Hall–Kier alpha value is -1.95. The molecule has 3 rings (SSSR count). The molecule has 1 saturated heterocycles. The van der Waals surface area contributed by atoms with Gasteiger partial charge in [-0.1, -0.05) is 35.3 Å². The number of hydrogen-bond donors (Lipinski definition) is 1. The number of carbonyl (C=O) groups excluding carboxylic acids is 1. The van der Waals surface area contributed by atoms with Gasteiger partial charge < -0.3 is 19.5 Å². The first-order chi connectivity index (χ1) is 13.5. The number of amides is 1. The van der Waals surface area contributed by atoms with Crippen LogP contribution in [-0.2, 0) is 14.9 Å². The number of ether oxygens (including phenoxy) is 3. The van der Waals surface area contributed by atoms with Crippen molar-refractivity contribution in [1.29, 1.82) is 0 Å². The van der Waals surface area contributed by atoms with E-state index in [0.717, 1.165) is 18.6 Å². The fourth-order valence-corrected chi connectivity index (χ4v) is 3.79. The molecule has 1 aliphatic heterocycles. The lowest BCUT2D eigenvalue weighted by molar-refractivity contribution is -0.123. The summed E-state index contributed by atoms with van der Waals surface area (Å²) in [6, 6.07) is 12.9. The second kappa shape index (κ2) is 9.50. The average molecular weight is 424 g/mol. The monoisotopic (exact) mass is 423 g/mol. The maximum atomic E-state index is 12.4. The van der Waals surface area contributed by atoms with Crippen molar-refractivity contribution >= 4 is 29.1 Å². The molecule has 1 amide bonds. The Morgan fingerprint density at radius 1 is 1.14 bits per heavy atom. The molecule has 5 nitrogen and oxygen atoms in total. The first-order valence-corrected chi connectivity index (χ1v) is 9.85. The van der Waals surface area contributed by atoms with Gasteiger partial charge in [0.2, 0.25) is 0 Å². The molecule has 0 saturated carbocycles. The highest BCUT2D eigenvalue weighted by Gasteiger charge is 2.34. The fraction of sp³-hybridized carbons (Fsp3) is 0.381. The average Bonchev–Trinajstić information content (AvgIpc) is 2.72. The zero-order valence-electron chi connectivity index (χ0n) is 15.7. The highest BCUT2D eigenvalue weighted by Crippen LogP contribution is 2.35. The number of nitrogens with one attached hydrogen (secondary N) is 1. The van der Waals surface area contributed by atoms with Crippen molar-refractivity contribution in [2.45, 2.75) is 18.3 Å². The number of rotatable bonds is 7. The van der Waals surface area contributed by atoms with Crippen LogP contribution in [0.4, 0.5) is 0 Å². The van der Waals surface area contributed by atoms with Crippen LogP contribution in [0.2, 0.25) is 10.0 Å². The van der Waals surface area contributed by atoms with E-state index < -0.39 is 0 Å². The van der Waals surface area contributed by atoms with Crippen molar-refractivity contribution in [3.63, 3.8) is 0 Å². The lowest BCUT2D eigenvalue weighted by atomic mass is 9.74. The quantitative estimate of drug-likeness (QED) is 0.722. The molecule has 2 aromatic rings. The van der Waals surface area contributed by atoms with Gasteiger partial charge in [-0.15, -0.1) is 0 Å². The minimum atomic E-state index is -0.203. The van der Waals surface area contributed by atoms with E-state index in [2.05, 4.69) is 17.4 Å². The molecular formula is C21H23Cl2NO4. The number of carbonyl (C=O) groups is 1. The van der Waals surface area contributed by atoms with Crippen molar-refractivity contribution in [2.24, 2.45) is 0 Å². The molecule has 1 heterocycles. The molecule has 0 radical (unpaired) electrons. The molecule has 1 aliphatic rings. The summed E-state index contributed by atoms with van der Waals surface area (Å²) in [7, 11) is 1.65. The van der Waals surface area contributed by atoms with Gasteiger partial charge >= 0.3 is 0 Å². The highest BCUT2D eigenvalue weighted by atomic mass is 35.5. The van der Waals surface area contributed by atoms with Gasteiger partial charge in [-0.2, -0.15) is 0 Å². The Kier molecular flexibility index (Phi) is 7.05. The predicted octanol–water partition coefficient (Wildman–Crippen LogP) is 4.25. The van der Waals surface area contributed by atoms with Crippen LogP contribution in [0.5, 0.6) is 11.5 Å². The molecule has 28 heavy (non-hydrogen) atoms. The van der Waals surface area contributed by atoms with E-state index in [0.29, 0.717) is 35.6 Å². The van der Waals surface area contributed by atoms with Crippen LogP contribution in [0, 0.1) is 0 Å². The zero-order valence-corrected chi connectivity index (χ0v) is 17.2. The Labute approximate surface area is 174 Å². The molecule has 0 spiro atoms. The Bertz CT molecular complexity index is 805. The summed E-state index contributed by atoms with van der Waals surface area (Å²) in [6.45, 7) is 1.73. The third kappa shape index (κ3) is 5.10. The van der Waals surface area contributed by atoms with E-state index in [-0.39, 0.29) is 17.9 Å². The summed E-state index contributed by atoms with van der Waals surface area (Å²) in [4.78, 5) is 12.4. The van der Waals surface area contributed by atoms with Gasteiger partial charge in [0.15, 0.2) is 6.61 Å². The van der Waals surface area contributed by atoms with Crippen LogP contribution in [0.25, 0.3) is 0 Å². The predicted molar refractivity (Wildman–Crippen MR) is 110 cm³/mol. The van der Waals surface area contributed by atoms with Crippen molar-refractivity contribution < 1.29 is 19.0 Å². The summed E-state index contributed by atoms with van der Waals surface area (Å²) < 4.78 is 16.3. The molecule has 2 aromatic carbocycles. The molecule has 7 heteroatoms. The molecule has 0 aromatic heterocycles. The summed E-state index contributed by atoms with van der Waals surface area (Å²) in [5, 5.41) is 3.89. The molecule has 1 N–H and O–H groups in total. The molecule has 0 unspecified atom stereocenters. The molecule has 0 atom stereocenters. The van der Waals surface area contributed by atoms with Crippen molar-refractivity contribution in [3.8, 4) is 11.5 Å². The van der Waals surface area contributed by atoms with Gasteiger partial charge in [0.25, 0.3) is 5.91 Å². The van der Waals surface area contributed by atoms with Gasteiger partial charge in [-0.05, 0) is 48.7 Å². The van der Waals surface area contributed by atoms with E-state index in [1.807, 2.05) is 12.1 Å². The Morgan fingerprint density at radius 3 is 2.50 bits per heavy atom. The number of benzene rings is 2. The standard InChI is InChI=1S/C21H23Cl2NO4/c1-26-17-5-2-15(3-6-17)21(8-10-27-11-9-21)14-24-20(25)13-28-19-7-4-16(22)12-18(19)23/h2-7,12H,8-11,13-14H2,1H3,(H,24,25). The third-order valence-corrected chi connectivity index (χ3v) is 5.56. The summed E-state index contributed by atoms with van der Waals surface area (Å²) in [6.07, 6.45) is 1.67. The van der Waals surface area contributed by atoms with Gasteiger partial charge in [0.1, 0.15) is 11.5 Å². The van der Waals surface area contributed by atoms with Crippen LogP contribution >= 0.6 is 23.2 Å². The van der Waals surface area contributed by atoms with E-state index >= 15 is 0 Å². The smallest absolute Gasteiger partial charge is 0.257 e. The van der Waals surface area contributed by atoms with Crippen LogP contribution < -0.4 is 14.8 Å². The van der Waals surface area contributed by atoms with Crippen LogP contribution in [0.1, 0.15) is 18.4 Å². The molecular weight excluding hydrogens is 401 g/mol. The second-order valence-electron chi connectivity index (χ2n) is 6.76. The summed E-state index contributed by atoms with van der Waals surface area (Å²) in [5.41, 5.74) is 0.997. The van der Waals surface area contributed by atoms with Crippen molar-refractivity contribution in [1.82, 2.24) is 5.32 Å². The Balaban J connectivity index is 1.62. The van der Waals surface area contributed by atoms with Crippen molar-refractivity contribution in [2.75, 3.05) is 33.5 Å². The van der Waals surface area contributed by atoms with Gasteiger partial charge in [-0.25, -0.2) is 0 Å². The summed E-state index contributed by atoms with van der Waals surface area (Å²) in [5.74, 6) is 1.03. The van der Waals surface area contributed by atoms with Crippen LogP contribution in [0.15, 0.2) is 42.5 Å². The first kappa shape index (κ1) is 20.8. The minimum Gasteiger partial charge on any atom is -0.497 e. The minimum absolute atomic E-state index is 0.115. The van der Waals surface area contributed by atoms with Crippen LogP contribution in [0.3, 0.4) is 0 Å². The third-order valence-electron chi connectivity index (χ3n) is 5.03. The lowest BCUT2D eigenvalue weighted by Crippen LogP contribution is -2.45. The van der Waals surface area contributed by atoms with Gasteiger partial charge in [0, 0.05) is 30.2 Å². The summed E-state index contributed by atoms with van der Waals surface area (Å²) >= 11 is 11.9. The topological polar surface area (TPSA) is 56.8 Å². The molecule has 0 bridgehead atoms. The number of hydrogen-bond acceptors (Lipinski definition) is 4. The maximum absolute atomic E-state index is 12.4. The van der Waals surface area contributed by atoms with E-state index in [1.54, 1.807) is 25.3 Å². The van der Waals surface area contributed by atoms with Crippen molar-refractivity contribution in [3.05, 3.63) is 58.1 Å². The zero-order chi connectivity index (χ0) is 20.0. The SMILES string of the molecule is COc1ccc(C2(CNC(=O)COc3ccc(Cl)cc3Cl)CCOCC2)cc1. The molecule has 1 fully saturated rings. The van der Waals surface area contributed by atoms with Gasteiger partial charge in [0.05, 0.1) is 12.1 Å². The second-order valence-corrected chi connectivity index (χ2v) is 7.60.